The number of carbonyl (C=O) groups excluding carboxylic acids is 1. The summed E-state index contributed by atoms with van der Waals surface area (Å²) in [5, 5.41) is 22.5. The Morgan fingerprint density at radius 3 is 2.79 bits per heavy atom. The highest BCUT2D eigenvalue weighted by Crippen LogP contribution is 2.49. The zero-order valence-corrected chi connectivity index (χ0v) is 16.3. The van der Waals surface area contributed by atoms with E-state index in [1.807, 2.05) is 24.1 Å². The number of anilines is 2. The number of rotatable bonds is 3. The van der Waals surface area contributed by atoms with E-state index in [1.54, 1.807) is 29.2 Å². The molecule has 2 aromatic carbocycles. The van der Waals surface area contributed by atoms with Crippen LogP contribution in [0.2, 0.25) is 0 Å². The highest BCUT2D eigenvalue weighted by Gasteiger charge is 2.53. The van der Waals surface area contributed by atoms with Crippen LogP contribution in [0.25, 0.3) is 0 Å². The monoisotopic (exact) mass is 396 g/mol. The van der Waals surface area contributed by atoms with Gasteiger partial charge in [0.2, 0.25) is 5.60 Å². The van der Waals surface area contributed by atoms with Gasteiger partial charge in [-0.1, -0.05) is 18.2 Å². The highest BCUT2D eigenvalue weighted by molar-refractivity contribution is 6.09. The van der Waals surface area contributed by atoms with Crippen molar-refractivity contribution >= 4 is 17.3 Å². The maximum absolute atomic E-state index is 13.5. The summed E-state index contributed by atoms with van der Waals surface area (Å²) in [4.78, 5) is 17.1. The number of ether oxygens (including phenoxy) is 2. The number of likely N-dealkylation sites (N-methyl/N-ethyl adjacent to an activating group) is 1. The third-order valence-electron chi connectivity index (χ3n) is 6.11. The number of hydrogen-bond donors (Lipinski definition) is 2. The number of para-hydroxylation sites is 1. The predicted octanol–water partition coefficient (Wildman–Crippen LogP) is 1.98. The van der Waals surface area contributed by atoms with E-state index in [-0.39, 0.29) is 17.4 Å². The van der Waals surface area contributed by atoms with Crippen LogP contribution in [0.4, 0.5) is 11.4 Å². The van der Waals surface area contributed by atoms with E-state index < -0.39 is 11.5 Å². The molecular weight excluding hydrogens is 372 g/mol. The zero-order chi connectivity index (χ0) is 20.2. The minimum Gasteiger partial charge on any atom is -0.507 e. The topological polar surface area (TPSA) is 82.5 Å². The van der Waals surface area contributed by atoms with Crippen LogP contribution in [-0.2, 0) is 15.1 Å². The molecule has 0 radical (unpaired) electrons. The number of amides is 1. The quantitative estimate of drug-likeness (QED) is 0.826. The number of carbonyl (C=O) groups is 1. The van der Waals surface area contributed by atoms with Gasteiger partial charge in [-0.3, -0.25) is 4.79 Å². The molecule has 152 valence electrons. The van der Waals surface area contributed by atoms with E-state index in [0.717, 1.165) is 18.5 Å². The molecule has 2 atom stereocenters. The average Bonchev–Trinajstić information content (AvgIpc) is 3.31. The Kier molecular flexibility index (Phi) is 4.18. The summed E-state index contributed by atoms with van der Waals surface area (Å²) in [7, 11) is 1.91. The Labute approximate surface area is 169 Å². The van der Waals surface area contributed by atoms with Crippen molar-refractivity contribution in [2.45, 2.75) is 24.5 Å². The molecule has 1 amide bonds. The number of aromatic hydroxyl groups is 1. The first-order valence-corrected chi connectivity index (χ1v) is 9.97. The Morgan fingerprint density at radius 1 is 1.17 bits per heavy atom. The Morgan fingerprint density at radius 2 is 2.00 bits per heavy atom. The normalized spacial score (nSPS) is 25.7. The summed E-state index contributed by atoms with van der Waals surface area (Å²) in [6.07, 6.45) is 1.80. The van der Waals surface area contributed by atoms with Gasteiger partial charge in [0.05, 0.1) is 30.6 Å². The summed E-state index contributed by atoms with van der Waals surface area (Å²) >= 11 is 0. The van der Waals surface area contributed by atoms with Crippen molar-refractivity contribution in [3.8, 4) is 11.5 Å². The van der Waals surface area contributed by atoms with Gasteiger partial charge in [0, 0.05) is 30.8 Å². The van der Waals surface area contributed by atoms with E-state index in [2.05, 4.69) is 0 Å². The Hall–Kier alpha value is -2.77. The molecule has 2 aromatic rings. The molecule has 1 fully saturated rings. The second kappa shape index (κ2) is 6.64. The summed E-state index contributed by atoms with van der Waals surface area (Å²) in [5.74, 6) is -0.0674. The van der Waals surface area contributed by atoms with Crippen molar-refractivity contribution in [2.24, 2.45) is 0 Å². The summed E-state index contributed by atoms with van der Waals surface area (Å²) < 4.78 is 11.5. The lowest BCUT2D eigenvalue weighted by Crippen LogP contribution is -2.44. The molecule has 3 aliphatic heterocycles. The van der Waals surface area contributed by atoms with Gasteiger partial charge in [-0.05, 0) is 25.0 Å². The van der Waals surface area contributed by atoms with Gasteiger partial charge in [0.1, 0.15) is 18.1 Å². The van der Waals surface area contributed by atoms with E-state index in [0.29, 0.717) is 43.3 Å². The molecule has 0 saturated carbocycles. The predicted molar refractivity (Wildman–Crippen MR) is 108 cm³/mol. The number of aliphatic hydroxyl groups is 1. The van der Waals surface area contributed by atoms with Gasteiger partial charge in [-0.2, -0.15) is 0 Å². The average molecular weight is 396 g/mol. The Bertz CT molecular complexity index is 972. The fourth-order valence-electron chi connectivity index (χ4n) is 4.54. The molecule has 3 heterocycles. The molecule has 7 heteroatoms. The molecule has 0 aromatic heterocycles. The number of benzene rings is 2. The molecule has 7 nitrogen and oxygen atoms in total. The van der Waals surface area contributed by atoms with Crippen LogP contribution >= 0.6 is 0 Å². The summed E-state index contributed by atoms with van der Waals surface area (Å²) in [6, 6.07) is 10.3. The molecule has 29 heavy (non-hydrogen) atoms. The maximum Gasteiger partial charge on any atom is 0.268 e. The number of hydrogen-bond acceptors (Lipinski definition) is 6. The maximum atomic E-state index is 13.5. The molecule has 5 rings (SSSR count). The minimum atomic E-state index is -1.98. The number of fused-ring (bicyclic) bond motifs is 2. The number of nitrogens with zero attached hydrogens (tertiary/aromatic N) is 2. The molecule has 0 bridgehead atoms. The van der Waals surface area contributed by atoms with Gasteiger partial charge in [-0.15, -0.1) is 0 Å². The van der Waals surface area contributed by atoms with Crippen molar-refractivity contribution in [3.63, 3.8) is 0 Å². The standard InChI is InChI=1S/C22H24N2O5/c1-23-8-10-29-20-11-16(19(25)12-18(20)23)22(27)15-6-2-3-7-17(15)24(21(22)26)13-14-5-4-9-28-14/h2-3,6-7,11-12,14,25,27H,4-5,8-10,13H2,1H3/t14-,22?/m1/s1. The van der Waals surface area contributed by atoms with Crippen molar-refractivity contribution < 1.29 is 24.5 Å². The lowest BCUT2D eigenvalue weighted by Gasteiger charge is -2.31. The van der Waals surface area contributed by atoms with Crippen molar-refractivity contribution in [2.75, 3.05) is 43.2 Å². The van der Waals surface area contributed by atoms with Crippen molar-refractivity contribution in [1.29, 1.82) is 0 Å². The first-order valence-electron chi connectivity index (χ1n) is 9.97. The van der Waals surface area contributed by atoms with E-state index >= 15 is 0 Å². The summed E-state index contributed by atoms with van der Waals surface area (Å²) in [5.41, 5.74) is -0.00353. The van der Waals surface area contributed by atoms with Crippen LogP contribution in [0.5, 0.6) is 11.5 Å². The molecule has 0 aliphatic carbocycles. The smallest absolute Gasteiger partial charge is 0.268 e. The van der Waals surface area contributed by atoms with Gasteiger partial charge < -0.3 is 29.5 Å². The lowest BCUT2D eigenvalue weighted by atomic mass is 9.86. The minimum absolute atomic E-state index is 0.0523. The van der Waals surface area contributed by atoms with Gasteiger partial charge in [0.25, 0.3) is 5.91 Å². The molecular formula is C22H24N2O5. The van der Waals surface area contributed by atoms with E-state index in [1.165, 1.54) is 0 Å². The van der Waals surface area contributed by atoms with Crippen molar-refractivity contribution in [1.82, 2.24) is 0 Å². The fourth-order valence-corrected chi connectivity index (χ4v) is 4.54. The largest absolute Gasteiger partial charge is 0.507 e. The fraction of sp³-hybridized carbons (Fsp3) is 0.409. The second-order valence-corrected chi connectivity index (χ2v) is 7.89. The first kappa shape index (κ1) is 18.3. The Balaban J connectivity index is 1.62. The summed E-state index contributed by atoms with van der Waals surface area (Å²) in [6.45, 7) is 2.27. The molecule has 1 unspecified atom stereocenters. The van der Waals surface area contributed by atoms with Gasteiger partial charge in [0.15, 0.2) is 0 Å². The second-order valence-electron chi connectivity index (χ2n) is 7.89. The van der Waals surface area contributed by atoms with Gasteiger partial charge in [-0.25, -0.2) is 0 Å². The van der Waals surface area contributed by atoms with Crippen LogP contribution in [-0.4, -0.2) is 55.6 Å². The number of phenolic OH excluding ortho intramolecular Hbond substituents is 1. The third kappa shape index (κ3) is 2.68. The van der Waals surface area contributed by atoms with E-state index in [4.69, 9.17) is 9.47 Å². The highest BCUT2D eigenvalue weighted by atomic mass is 16.5. The third-order valence-corrected chi connectivity index (χ3v) is 6.11. The van der Waals surface area contributed by atoms with Gasteiger partial charge >= 0.3 is 0 Å². The SMILES string of the molecule is CN1CCOc2cc(C3(O)C(=O)N(C[C@H]4CCCO4)c4ccccc43)c(O)cc21. The number of phenols is 1. The van der Waals surface area contributed by atoms with Crippen LogP contribution in [0.15, 0.2) is 36.4 Å². The molecule has 0 spiro atoms. The van der Waals surface area contributed by atoms with Crippen LogP contribution < -0.4 is 14.5 Å². The zero-order valence-electron chi connectivity index (χ0n) is 16.3. The van der Waals surface area contributed by atoms with Crippen LogP contribution in [0, 0.1) is 0 Å². The molecule has 3 aliphatic rings. The lowest BCUT2D eigenvalue weighted by molar-refractivity contribution is -0.132. The molecule has 2 N–H and O–H groups in total. The first-order chi connectivity index (χ1) is 14.0. The van der Waals surface area contributed by atoms with Crippen molar-refractivity contribution in [3.05, 3.63) is 47.5 Å². The van der Waals surface area contributed by atoms with E-state index in [9.17, 15) is 15.0 Å². The van der Waals surface area contributed by atoms with Crippen LogP contribution in [0.3, 0.4) is 0 Å². The van der Waals surface area contributed by atoms with Crippen LogP contribution in [0.1, 0.15) is 24.0 Å². The molecule has 1 saturated heterocycles.